The average molecular weight is 278 g/mol. The molecule has 110 valence electrons. The number of aliphatic hydroxyl groups is 1. The molecule has 1 fully saturated rings. The van der Waals surface area contributed by atoms with Crippen LogP contribution in [0.25, 0.3) is 0 Å². The molecule has 2 unspecified atom stereocenters. The number of hydrogen-bond acceptors (Lipinski definition) is 4. The first-order valence-electron chi connectivity index (χ1n) is 6.97. The van der Waals surface area contributed by atoms with Crippen LogP contribution in [0.3, 0.4) is 0 Å². The van der Waals surface area contributed by atoms with E-state index in [9.17, 15) is 9.90 Å². The highest BCUT2D eigenvalue weighted by molar-refractivity contribution is 5.78. The predicted molar refractivity (Wildman–Crippen MR) is 76.3 cm³/mol. The van der Waals surface area contributed by atoms with Crippen molar-refractivity contribution in [3.8, 4) is 0 Å². The van der Waals surface area contributed by atoms with Crippen LogP contribution in [0, 0.1) is 0 Å². The molecule has 0 spiro atoms. The van der Waals surface area contributed by atoms with E-state index >= 15 is 0 Å². The molecule has 2 atom stereocenters. The number of benzene rings is 1. The minimum absolute atomic E-state index is 0.0565. The van der Waals surface area contributed by atoms with E-state index in [-0.39, 0.29) is 11.9 Å². The van der Waals surface area contributed by atoms with Crippen LogP contribution in [0.15, 0.2) is 30.3 Å². The third-order valence-corrected chi connectivity index (χ3v) is 3.56. The molecule has 0 radical (unpaired) electrons. The van der Waals surface area contributed by atoms with Gasteiger partial charge in [-0.05, 0) is 12.6 Å². The zero-order valence-corrected chi connectivity index (χ0v) is 11.8. The number of morpholine rings is 1. The lowest BCUT2D eigenvalue weighted by Gasteiger charge is -2.36. The van der Waals surface area contributed by atoms with Crippen LogP contribution in [0.1, 0.15) is 18.1 Å². The molecule has 1 aliphatic rings. The van der Waals surface area contributed by atoms with Crippen molar-refractivity contribution in [1.82, 2.24) is 10.2 Å². The maximum Gasteiger partial charge on any atom is 0.236 e. The van der Waals surface area contributed by atoms with Gasteiger partial charge < -0.3 is 20.1 Å². The van der Waals surface area contributed by atoms with Gasteiger partial charge in [0.2, 0.25) is 5.91 Å². The number of amides is 1. The van der Waals surface area contributed by atoms with Gasteiger partial charge in [-0.1, -0.05) is 30.3 Å². The zero-order valence-electron chi connectivity index (χ0n) is 11.8. The molecule has 1 aromatic rings. The Labute approximate surface area is 119 Å². The number of carbonyl (C=O) groups is 1. The number of aliphatic hydroxyl groups excluding tert-OH is 1. The molecular formula is C15H22N2O3. The Morgan fingerprint density at radius 1 is 1.50 bits per heavy atom. The van der Waals surface area contributed by atoms with Crippen LogP contribution < -0.4 is 5.32 Å². The first-order chi connectivity index (χ1) is 9.72. The van der Waals surface area contributed by atoms with Crippen molar-refractivity contribution in [2.24, 2.45) is 0 Å². The van der Waals surface area contributed by atoms with Crippen molar-refractivity contribution in [1.29, 1.82) is 0 Å². The number of hydrogen-bond donors (Lipinski definition) is 2. The summed E-state index contributed by atoms with van der Waals surface area (Å²) in [6.45, 7) is 1.96. The van der Waals surface area contributed by atoms with E-state index in [1.165, 1.54) is 0 Å². The summed E-state index contributed by atoms with van der Waals surface area (Å²) in [6.07, 6.45) is -0.0767. The topological polar surface area (TPSA) is 61.8 Å². The summed E-state index contributed by atoms with van der Waals surface area (Å²) in [7, 11) is 1.76. The van der Waals surface area contributed by atoms with Gasteiger partial charge in [0, 0.05) is 13.0 Å². The second-order valence-corrected chi connectivity index (χ2v) is 5.01. The Hall–Kier alpha value is -1.43. The fourth-order valence-corrected chi connectivity index (χ4v) is 2.50. The number of likely N-dealkylation sites (N-methyl/N-ethyl adjacent to an activating group) is 1. The molecule has 1 saturated heterocycles. The molecule has 5 heteroatoms. The van der Waals surface area contributed by atoms with E-state index < -0.39 is 6.10 Å². The summed E-state index contributed by atoms with van der Waals surface area (Å²) < 4.78 is 5.45. The van der Waals surface area contributed by atoms with Gasteiger partial charge in [-0.25, -0.2) is 0 Å². The summed E-state index contributed by atoms with van der Waals surface area (Å²) in [5, 5.41) is 13.2. The Morgan fingerprint density at radius 2 is 2.25 bits per heavy atom. The molecule has 2 rings (SSSR count). The maximum absolute atomic E-state index is 12.1. The lowest BCUT2D eigenvalue weighted by molar-refractivity contribution is -0.140. The molecule has 1 amide bonds. The molecule has 0 saturated carbocycles. The standard InChI is InChI=1S/C15H22N2O3/c1-16-10-15(19)17-7-8-20-11-13(17)9-14(18)12-5-3-2-4-6-12/h2-6,13-14,16,18H,7-11H2,1H3. The van der Waals surface area contributed by atoms with Crippen molar-refractivity contribution in [3.63, 3.8) is 0 Å². The quantitative estimate of drug-likeness (QED) is 0.826. The van der Waals surface area contributed by atoms with Crippen molar-refractivity contribution in [3.05, 3.63) is 35.9 Å². The number of rotatable bonds is 5. The molecule has 0 aromatic heterocycles. The SMILES string of the molecule is CNCC(=O)N1CCOCC1CC(O)c1ccccc1. The fourth-order valence-electron chi connectivity index (χ4n) is 2.50. The van der Waals surface area contributed by atoms with Crippen LogP contribution in [0.2, 0.25) is 0 Å². The predicted octanol–water partition coefficient (Wildman–Crippen LogP) is 0.557. The Balaban J connectivity index is 2.00. The third kappa shape index (κ3) is 3.79. The van der Waals surface area contributed by atoms with Crippen LogP contribution in [-0.2, 0) is 9.53 Å². The second-order valence-electron chi connectivity index (χ2n) is 5.01. The van der Waals surface area contributed by atoms with E-state index in [1.54, 1.807) is 7.05 Å². The van der Waals surface area contributed by atoms with Crippen LogP contribution in [-0.4, -0.2) is 55.3 Å². The van der Waals surface area contributed by atoms with E-state index in [0.29, 0.717) is 32.7 Å². The highest BCUT2D eigenvalue weighted by atomic mass is 16.5. The largest absolute Gasteiger partial charge is 0.388 e. The van der Waals surface area contributed by atoms with E-state index in [1.807, 2.05) is 35.2 Å². The van der Waals surface area contributed by atoms with Gasteiger partial charge in [-0.2, -0.15) is 0 Å². The smallest absolute Gasteiger partial charge is 0.236 e. The minimum Gasteiger partial charge on any atom is -0.388 e. The molecule has 2 N–H and O–H groups in total. The maximum atomic E-state index is 12.1. The highest BCUT2D eigenvalue weighted by Gasteiger charge is 2.28. The van der Waals surface area contributed by atoms with E-state index in [4.69, 9.17) is 4.74 Å². The summed E-state index contributed by atoms with van der Waals surface area (Å²) in [5.41, 5.74) is 0.874. The van der Waals surface area contributed by atoms with Crippen LogP contribution >= 0.6 is 0 Å². The molecule has 1 aromatic carbocycles. The fraction of sp³-hybridized carbons (Fsp3) is 0.533. The average Bonchev–Trinajstić information content (AvgIpc) is 2.49. The van der Waals surface area contributed by atoms with Crippen molar-refractivity contribution < 1.29 is 14.6 Å². The van der Waals surface area contributed by atoms with E-state index in [0.717, 1.165) is 5.56 Å². The van der Waals surface area contributed by atoms with Crippen LogP contribution in [0.5, 0.6) is 0 Å². The van der Waals surface area contributed by atoms with Gasteiger partial charge >= 0.3 is 0 Å². The number of nitrogens with zero attached hydrogens (tertiary/aromatic N) is 1. The zero-order chi connectivity index (χ0) is 14.4. The Kier molecular flexibility index (Phi) is 5.52. The molecule has 20 heavy (non-hydrogen) atoms. The molecular weight excluding hydrogens is 256 g/mol. The van der Waals surface area contributed by atoms with Gasteiger partial charge in [0.05, 0.1) is 31.9 Å². The van der Waals surface area contributed by atoms with Crippen molar-refractivity contribution >= 4 is 5.91 Å². The minimum atomic E-state index is -0.576. The first-order valence-corrected chi connectivity index (χ1v) is 6.97. The molecule has 1 aliphatic heterocycles. The third-order valence-electron chi connectivity index (χ3n) is 3.56. The van der Waals surface area contributed by atoms with Gasteiger partial charge in [0.1, 0.15) is 0 Å². The second kappa shape index (κ2) is 7.38. The number of nitrogens with one attached hydrogen (secondary N) is 1. The van der Waals surface area contributed by atoms with Gasteiger partial charge in [-0.15, -0.1) is 0 Å². The first kappa shape index (κ1) is 15.0. The molecule has 5 nitrogen and oxygen atoms in total. The van der Waals surface area contributed by atoms with Gasteiger partial charge in [-0.3, -0.25) is 4.79 Å². The molecule has 0 bridgehead atoms. The Morgan fingerprint density at radius 3 is 2.95 bits per heavy atom. The van der Waals surface area contributed by atoms with Crippen molar-refractivity contribution in [2.75, 3.05) is 33.4 Å². The highest BCUT2D eigenvalue weighted by Crippen LogP contribution is 2.22. The Bertz CT molecular complexity index is 424. The molecule has 0 aliphatic carbocycles. The molecule has 1 heterocycles. The summed E-state index contributed by atoms with van der Waals surface area (Å²) >= 11 is 0. The van der Waals surface area contributed by atoms with Gasteiger partial charge in [0.25, 0.3) is 0 Å². The van der Waals surface area contributed by atoms with E-state index in [2.05, 4.69) is 5.32 Å². The van der Waals surface area contributed by atoms with Gasteiger partial charge in [0.15, 0.2) is 0 Å². The number of carbonyl (C=O) groups excluding carboxylic acids is 1. The van der Waals surface area contributed by atoms with Crippen LogP contribution in [0.4, 0.5) is 0 Å². The summed E-state index contributed by atoms with van der Waals surface area (Å²) in [5.74, 6) is 0.0565. The lowest BCUT2D eigenvalue weighted by atomic mass is 10.0. The normalized spacial score (nSPS) is 20.7. The van der Waals surface area contributed by atoms with Crippen molar-refractivity contribution in [2.45, 2.75) is 18.6 Å². The summed E-state index contributed by atoms with van der Waals surface area (Å²) in [4.78, 5) is 13.9. The monoisotopic (exact) mass is 278 g/mol. The lowest BCUT2D eigenvalue weighted by Crippen LogP contribution is -2.51. The number of ether oxygens (including phenoxy) is 1. The summed E-state index contributed by atoms with van der Waals surface area (Å²) in [6, 6.07) is 9.45.